The molecule has 0 saturated carbocycles. The van der Waals surface area contributed by atoms with Crippen molar-refractivity contribution in [3.63, 3.8) is 0 Å². The second kappa shape index (κ2) is 3.32. The van der Waals surface area contributed by atoms with Gasteiger partial charge in [-0.25, -0.2) is 14.9 Å². The molecule has 0 fully saturated rings. The molecule has 0 aromatic carbocycles. The van der Waals surface area contributed by atoms with Crippen LogP contribution in [0.15, 0.2) is 6.07 Å². The first-order valence-electron chi connectivity index (χ1n) is 2.82. The number of halogens is 3. The van der Waals surface area contributed by atoms with Crippen molar-refractivity contribution in [2.75, 3.05) is 5.54 Å². The molecule has 1 aromatic heterocycles. The van der Waals surface area contributed by atoms with E-state index >= 15 is 0 Å². The summed E-state index contributed by atoms with van der Waals surface area (Å²) in [5.41, 5.74) is 0.876. The highest BCUT2D eigenvalue weighted by molar-refractivity contribution is 6.30. The molecule has 6 heteroatoms. The van der Waals surface area contributed by atoms with E-state index < -0.39 is 11.6 Å². The first kappa shape index (κ1) is 8.68. The maximum Gasteiger partial charge on any atom is 0.192 e. The third-order valence-electron chi connectivity index (χ3n) is 1.14. The van der Waals surface area contributed by atoms with E-state index in [0.717, 1.165) is 11.6 Å². The maximum absolute atomic E-state index is 12.6. The zero-order valence-corrected chi connectivity index (χ0v) is 6.36. The molecule has 1 heterocycles. The van der Waals surface area contributed by atoms with Gasteiger partial charge in [0.1, 0.15) is 11.2 Å². The Bertz CT molecular complexity index is 347. The van der Waals surface area contributed by atoms with Crippen molar-refractivity contribution in [1.29, 1.82) is 5.26 Å². The smallest absolute Gasteiger partial charge is 0.192 e. The topological polar surface area (TPSA) is 48.7 Å². The molecule has 0 aliphatic rings. The van der Waals surface area contributed by atoms with Gasteiger partial charge in [0.2, 0.25) is 0 Å². The first-order chi connectivity index (χ1) is 5.69. The van der Waals surface area contributed by atoms with Crippen molar-refractivity contribution >= 4 is 17.4 Å². The minimum Gasteiger partial charge on any atom is -0.213 e. The Balaban J connectivity index is 3.28. The monoisotopic (exact) mass is 189 g/mol. The zero-order chi connectivity index (χ0) is 9.14. The fourth-order valence-corrected chi connectivity index (χ4v) is 0.792. The van der Waals surface area contributed by atoms with Crippen LogP contribution in [0.5, 0.6) is 0 Å². The Morgan fingerprint density at radius 1 is 1.67 bits per heavy atom. The van der Waals surface area contributed by atoms with Gasteiger partial charge in [-0.3, -0.25) is 0 Å². The van der Waals surface area contributed by atoms with Crippen LogP contribution in [0, 0.1) is 17.1 Å². The Hall–Kier alpha value is -1.41. The molecule has 0 unspecified atom stereocenters. The average Bonchev–Trinajstić information content (AvgIpc) is 2.08. The largest absolute Gasteiger partial charge is 0.213 e. The lowest BCUT2D eigenvalue weighted by atomic mass is 10.3. The third kappa shape index (κ3) is 1.43. The van der Waals surface area contributed by atoms with Gasteiger partial charge >= 0.3 is 0 Å². The molecule has 1 N–H and O–H groups in total. The van der Waals surface area contributed by atoms with Gasteiger partial charge in [-0.05, 0) is 6.07 Å². The summed E-state index contributed by atoms with van der Waals surface area (Å²) >= 11 is 5.37. The molecule has 3 nitrogen and oxygen atoms in total. The van der Waals surface area contributed by atoms with Crippen LogP contribution in [0.1, 0.15) is 5.56 Å². The summed E-state index contributed by atoms with van der Waals surface area (Å²) in [6, 6.07) is 2.41. The number of pyridine rings is 1. The third-order valence-corrected chi connectivity index (χ3v) is 1.43. The molecular formula is C6H2ClF2N3. The summed E-state index contributed by atoms with van der Waals surface area (Å²) in [4.78, 5) is 3.24. The van der Waals surface area contributed by atoms with E-state index in [1.807, 2.05) is 0 Å². The van der Waals surface area contributed by atoms with Crippen LogP contribution < -0.4 is 5.54 Å². The molecule has 0 bridgehead atoms. The number of nitrogens with one attached hydrogen (secondary N) is 1. The van der Waals surface area contributed by atoms with Gasteiger partial charge in [0.05, 0.1) is 5.56 Å². The summed E-state index contributed by atoms with van der Waals surface area (Å²) in [5.74, 6) is -1.59. The molecule has 0 radical (unpaired) electrons. The Morgan fingerprint density at radius 3 is 2.83 bits per heavy atom. The lowest BCUT2D eigenvalue weighted by molar-refractivity contribution is 0.572. The summed E-state index contributed by atoms with van der Waals surface area (Å²) in [5, 5.41) is 8.11. The summed E-state index contributed by atoms with van der Waals surface area (Å²) in [6.07, 6.45) is 0. The molecule has 0 amide bonds. The Labute approximate surface area is 71.5 Å². The lowest BCUT2D eigenvalue weighted by Crippen LogP contribution is -1.94. The molecule has 0 aliphatic carbocycles. The molecule has 62 valence electrons. The fourth-order valence-electron chi connectivity index (χ4n) is 0.611. The second-order valence-electron chi connectivity index (χ2n) is 1.86. The van der Waals surface area contributed by atoms with Gasteiger partial charge in [0, 0.05) is 0 Å². The van der Waals surface area contributed by atoms with E-state index in [4.69, 9.17) is 16.9 Å². The number of aromatic nitrogens is 1. The highest BCUT2D eigenvalue weighted by Crippen LogP contribution is 2.19. The normalized spacial score (nSPS) is 9.17. The van der Waals surface area contributed by atoms with E-state index in [1.54, 1.807) is 6.07 Å². The van der Waals surface area contributed by atoms with Crippen LogP contribution in [0.25, 0.3) is 0 Å². The Morgan fingerprint density at radius 2 is 2.33 bits per heavy atom. The van der Waals surface area contributed by atoms with Crippen molar-refractivity contribution < 1.29 is 8.87 Å². The quantitative estimate of drug-likeness (QED) is 0.543. The van der Waals surface area contributed by atoms with Gasteiger partial charge in [0.25, 0.3) is 0 Å². The molecule has 12 heavy (non-hydrogen) atoms. The molecule has 1 aromatic rings. The highest BCUT2D eigenvalue weighted by atomic mass is 35.5. The van der Waals surface area contributed by atoms with E-state index in [9.17, 15) is 8.87 Å². The van der Waals surface area contributed by atoms with Crippen LogP contribution in [0.2, 0.25) is 5.15 Å². The first-order valence-corrected chi connectivity index (χ1v) is 3.19. The predicted octanol–water partition coefficient (Wildman–Crippen LogP) is 2.04. The highest BCUT2D eigenvalue weighted by Gasteiger charge is 2.09. The fraction of sp³-hybridized carbons (Fsp3) is 0. The van der Waals surface area contributed by atoms with Crippen LogP contribution in [0.3, 0.4) is 0 Å². The Kier molecular flexibility index (Phi) is 2.41. The van der Waals surface area contributed by atoms with Crippen molar-refractivity contribution in [3.8, 4) is 6.07 Å². The summed E-state index contributed by atoms with van der Waals surface area (Å²) in [7, 11) is 0. The average molecular weight is 190 g/mol. The van der Waals surface area contributed by atoms with E-state index in [2.05, 4.69) is 4.98 Å². The number of nitriles is 1. The van der Waals surface area contributed by atoms with E-state index in [0.29, 0.717) is 0 Å². The van der Waals surface area contributed by atoms with Gasteiger partial charge in [-0.15, -0.1) is 4.48 Å². The number of nitrogens with zero attached hydrogens (tertiary/aromatic N) is 2. The zero-order valence-electron chi connectivity index (χ0n) is 5.61. The van der Waals surface area contributed by atoms with Crippen molar-refractivity contribution in [3.05, 3.63) is 22.6 Å². The van der Waals surface area contributed by atoms with Crippen LogP contribution >= 0.6 is 11.6 Å². The predicted molar refractivity (Wildman–Crippen MR) is 38.7 cm³/mol. The van der Waals surface area contributed by atoms with Gasteiger partial charge in [-0.1, -0.05) is 11.6 Å². The standard InChI is InChI=1S/C6H2ClF2N3/c7-5-3(2-10)1-4(8)6(11-5)12-9/h1H,(H,11,12). The summed E-state index contributed by atoms with van der Waals surface area (Å²) in [6.45, 7) is 0. The summed E-state index contributed by atoms with van der Waals surface area (Å²) < 4.78 is 24.4. The van der Waals surface area contributed by atoms with Gasteiger partial charge in [0.15, 0.2) is 11.6 Å². The maximum atomic E-state index is 12.6. The molecule has 0 saturated heterocycles. The molecule has 0 atom stereocenters. The molecular weight excluding hydrogens is 188 g/mol. The van der Waals surface area contributed by atoms with Crippen LogP contribution in [0.4, 0.5) is 14.7 Å². The lowest BCUT2D eigenvalue weighted by Gasteiger charge is -1.99. The van der Waals surface area contributed by atoms with Crippen molar-refractivity contribution in [1.82, 2.24) is 4.98 Å². The molecule has 1 rings (SSSR count). The number of hydrogen-bond acceptors (Lipinski definition) is 3. The van der Waals surface area contributed by atoms with Crippen molar-refractivity contribution in [2.24, 2.45) is 0 Å². The van der Waals surface area contributed by atoms with Gasteiger partial charge < -0.3 is 0 Å². The van der Waals surface area contributed by atoms with Crippen LogP contribution in [-0.4, -0.2) is 4.98 Å². The number of hydrogen-bond donors (Lipinski definition) is 1. The number of rotatable bonds is 1. The minimum absolute atomic E-state index is 0.131. The van der Waals surface area contributed by atoms with E-state index in [-0.39, 0.29) is 10.7 Å². The van der Waals surface area contributed by atoms with Gasteiger partial charge in [-0.2, -0.15) is 5.26 Å². The number of anilines is 1. The SMILES string of the molecule is N#Cc1cc(F)c(NF)nc1Cl. The molecule has 0 aliphatic heterocycles. The minimum atomic E-state index is -0.960. The second-order valence-corrected chi connectivity index (χ2v) is 2.22. The van der Waals surface area contributed by atoms with Crippen molar-refractivity contribution in [2.45, 2.75) is 0 Å². The van der Waals surface area contributed by atoms with Crippen LogP contribution in [-0.2, 0) is 0 Å². The molecule has 0 spiro atoms. The van der Waals surface area contributed by atoms with E-state index in [1.165, 1.54) is 0 Å².